The van der Waals surface area contributed by atoms with Gasteiger partial charge < -0.3 is 15.1 Å². The van der Waals surface area contributed by atoms with Gasteiger partial charge in [-0.05, 0) is 30.2 Å². The molecule has 1 amide bonds. The van der Waals surface area contributed by atoms with Crippen LogP contribution >= 0.6 is 0 Å². The standard InChI is InChI=1S/C19H26N4O/c1-4-22-9-11-23(12-10-22)14-17(13-20)19(24)21-18-7-5-16(6-8-18)15(2)3/h5-8,14-15H,4,9-12H2,1-3H3,(H,21,24)/b17-14-. The molecule has 0 unspecified atom stereocenters. The molecule has 5 nitrogen and oxygen atoms in total. The maximum Gasteiger partial charge on any atom is 0.267 e. The molecule has 1 aromatic carbocycles. The van der Waals surface area contributed by atoms with Gasteiger partial charge in [0.25, 0.3) is 5.91 Å². The third-order valence-electron chi connectivity index (χ3n) is 4.37. The van der Waals surface area contributed by atoms with Crippen LogP contribution in [0.5, 0.6) is 0 Å². The molecule has 0 aromatic heterocycles. The highest BCUT2D eigenvalue weighted by Gasteiger charge is 2.16. The molecule has 1 aromatic rings. The zero-order valence-corrected chi connectivity index (χ0v) is 14.7. The number of carbonyl (C=O) groups is 1. The van der Waals surface area contributed by atoms with Gasteiger partial charge in [0.1, 0.15) is 11.6 Å². The monoisotopic (exact) mass is 326 g/mol. The van der Waals surface area contributed by atoms with Crippen LogP contribution in [0.15, 0.2) is 36.0 Å². The summed E-state index contributed by atoms with van der Waals surface area (Å²) in [5.74, 6) is 0.0961. The zero-order valence-electron chi connectivity index (χ0n) is 14.7. The fraction of sp³-hybridized carbons (Fsp3) is 0.474. The molecule has 2 rings (SSSR count). The number of nitriles is 1. The summed E-state index contributed by atoms with van der Waals surface area (Å²) in [7, 11) is 0. The number of hydrogen-bond donors (Lipinski definition) is 1. The molecule has 0 saturated carbocycles. The Morgan fingerprint density at radius 1 is 1.25 bits per heavy atom. The van der Waals surface area contributed by atoms with E-state index in [0.717, 1.165) is 32.7 Å². The SMILES string of the molecule is CCN1CCN(/C=C(/C#N)C(=O)Nc2ccc(C(C)C)cc2)CC1. The van der Waals surface area contributed by atoms with Crippen LogP contribution in [-0.2, 0) is 4.79 Å². The van der Waals surface area contributed by atoms with E-state index in [-0.39, 0.29) is 11.5 Å². The molecular weight excluding hydrogens is 300 g/mol. The Hall–Kier alpha value is -2.32. The molecule has 1 aliphatic rings. The number of piperazine rings is 1. The highest BCUT2D eigenvalue weighted by atomic mass is 16.1. The average molecular weight is 326 g/mol. The van der Waals surface area contributed by atoms with Gasteiger partial charge >= 0.3 is 0 Å². The van der Waals surface area contributed by atoms with Gasteiger partial charge in [0.05, 0.1) is 0 Å². The van der Waals surface area contributed by atoms with Crippen LogP contribution in [0.3, 0.4) is 0 Å². The predicted molar refractivity (Wildman–Crippen MR) is 96.5 cm³/mol. The number of anilines is 1. The summed E-state index contributed by atoms with van der Waals surface area (Å²) in [5.41, 5.74) is 2.08. The molecule has 0 spiro atoms. The minimum Gasteiger partial charge on any atom is -0.374 e. The lowest BCUT2D eigenvalue weighted by atomic mass is 10.0. The van der Waals surface area contributed by atoms with E-state index in [1.165, 1.54) is 5.56 Å². The summed E-state index contributed by atoms with van der Waals surface area (Å²) in [5, 5.41) is 12.1. The Morgan fingerprint density at radius 2 is 1.88 bits per heavy atom. The molecule has 1 aliphatic heterocycles. The molecule has 0 radical (unpaired) electrons. The number of carbonyl (C=O) groups excluding carboxylic acids is 1. The number of nitrogens with one attached hydrogen (secondary N) is 1. The summed E-state index contributed by atoms with van der Waals surface area (Å²) in [6.07, 6.45) is 1.69. The highest BCUT2D eigenvalue weighted by Crippen LogP contribution is 2.17. The van der Waals surface area contributed by atoms with Crippen LogP contribution in [0.25, 0.3) is 0 Å². The molecule has 0 atom stereocenters. The summed E-state index contributed by atoms with van der Waals surface area (Å²) in [4.78, 5) is 16.7. The van der Waals surface area contributed by atoms with Crippen molar-refractivity contribution in [3.8, 4) is 6.07 Å². The first-order valence-corrected chi connectivity index (χ1v) is 8.53. The van der Waals surface area contributed by atoms with E-state index in [4.69, 9.17) is 0 Å². The second-order valence-corrected chi connectivity index (χ2v) is 6.36. The number of amides is 1. The number of benzene rings is 1. The van der Waals surface area contributed by atoms with Crippen molar-refractivity contribution in [1.29, 1.82) is 5.26 Å². The first kappa shape index (κ1) is 18.0. The molecule has 5 heteroatoms. The molecular formula is C19H26N4O. The molecule has 1 heterocycles. The van der Waals surface area contributed by atoms with E-state index >= 15 is 0 Å². The molecule has 24 heavy (non-hydrogen) atoms. The molecule has 1 fully saturated rings. The van der Waals surface area contributed by atoms with Crippen molar-refractivity contribution in [2.24, 2.45) is 0 Å². The Morgan fingerprint density at radius 3 is 2.38 bits per heavy atom. The largest absolute Gasteiger partial charge is 0.374 e. The van der Waals surface area contributed by atoms with Crippen LogP contribution in [-0.4, -0.2) is 48.4 Å². The molecule has 1 saturated heterocycles. The molecule has 0 aliphatic carbocycles. The van der Waals surface area contributed by atoms with Crippen LogP contribution in [0.1, 0.15) is 32.3 Å². The first-order chi connectivity index (χ1) is 11.5. The fourth-order valence-corrected chi connectivity index (χ4v) is 2.68. The van der Waals surface area contributed by atoms with Crippen LogP contribution in [0.2, 0.25) is 0 Å². The normalized spacial score (nSPS) is 16.1. The van der Waals surface area contributed by atoms with Gasteiger partial charge in [0, 0.05) is 38.1 Å². The smallest absolute Gasteiger partial charge is 0.267 e. The van der Waals surface area contributed by atoms with Crippen molar-refractivity contribution in [3.63, 3.8) is 0 Å². The summed E-state index contributed by atoms with van der Waals surface area (Å²) >= 11 is 0. The average Bonchev–Trinajstić information content (AvgIpc) is 2.60. The third kappa shape index (κ3) is 4.84. The van der Waals surface area contributed by atoms with Crippen molar-refractivity contribution in [1.82, 2.24) is 9.80 Å². The van der Waals surface area contributed by atoms with Crippen LogP contribution in [0, 0.1) is 11.3 Å². The molecule has 128 valence electrons. The Labute approximate surface area is 144 Å². The van der Waals surface area contributed by atoms with Gasteiger partial charge in [-0.25, -0.2) is 0 Å². The van der Waals surface area contributed by atoms with Gasteiger partial charge in [0.15, 0.2) is 0 Å². The van der Waals surface area contributed by atoms with E-state index in [0.29, 0.717) is 11.6 Å². The van der Waals surface area contributed by atoms with Crippen molar-refractivity contribution in [2.45, 2.75) is 26.7 Å². The highest BCUT2D eigenvalue weighted by molar-refractivity contribution is 6.06. The van der Waals surface area contributed by atoms with E-state index < -0.39 is 0 Å². The van der Waals surface area contributed by atoms with Crippen molar-refractivity contribution >= 4 is 11.6 Å². The van der Waals surface area contributed by atoms with Gasteiger partial charge in [-0.15, -0.1) is 0 Å². The Kier molecular flexibility index (Phi) is 6.39. The van der Waals surface area contributed by atoms with Crippen molar-refractivity contribution < 1.29 is 4.79 Å². The fourth-order valence-electron chi connectivity index (χ4n) is 2.68. The van der Waals surface area contributed by atoms with E-state index in [1.54, 1.807) is 6.20 Å². The van der Waals surface area contributed by atoms with Crippen LogP contribution < -0.4 is 5.32 Å². The lowest BCUT2D eigenvalue weighted by Crippen LogP contribution is -2.44. The quantitative estimate of drug-likeness (QED) is 0.668. The summed E-state index contributed by atoms with van der Waals surface area (Å²) in [6, 6.07) is 9.77. The van der Waals surface area contributed by atoms with Gasteiger partial charge in [-0.1, -0.05) is 32.9 Å². The first-order valence-electron chi connectivity index (χ1n) is 8.53. The van der Waals surface area contributed by atoms with E-state index in [9.17, 15) is 10.1 Å². The van der Waals surface area contributed by atoms with E-state index in [2.05, 4.69) is 31.0 Å². The molecule has 0 bridgehead atoms. The summed E-state index contributed by atoms with van der Waals surface area (Å²) < 4.78 is 0. The summed E-state index contributed by atoms with van der Waals surface area (Å²) in [6.45, 7) is 11.0. The second kappa shape index (κ2) is 8.51. The minimum absolute atomic E-state index is 0.146. The van der Waals surface area contributed by atoms with Gasteiger partial charge in [-0.3, -0.25) is 4.79 Å². The maximum atomic E-state index is 12.3. The lowest BCUT2D eigenvalue weighted by molar-refractivity contribution is -0.112. The predicted octanol–water partition coefficient (Wildman–Crippen LogP) is 2.79. The third-order valence-corrected chi connectivity index (χ3v) is 4.37. The zero-order chi connectivity index (χ0) is 17.5. The lowest BCUT2D eigenvalue weighted by Gasteiger charge is -2.33. The Bertz CT molecular complexity index is 620. The van der Waals surface area contributed by atoms with Gasteiger partial charge in [-0.2, -0.15) is 5.26 Å². The van der Waals surface area contributed by atoms with Crippen molar-refractivity contribution in [2.75, 3.05) is 38.0 Å². The number of nitrogens with zero attached hydrogens (tertiary/aromatic N) is 3. The maximum absolute atomic E-state index is 12.3. The van der Waals surface area contributed by atoms with Gasteiger partial charge in [0.2, 0.25) is 0 Å². The van der Waals surface area contributed by atoms with E-state index in [1.807, 2.05) is 35.2 Å². The number of hydrogen-bond acceptors (Lipinski definition) is 4. The topological polar surface area (TPSA) is 59.4 Å². The molecule has 1 N–H and O–H groups in total. The van der Waals surface area contributed by atoms with Crippen LogP contribution in [0.4, 0.5) is 5.69 Å². The van der Waals surface area contributed by atoms with Crippen molar-refractivity contribution in [3.05, 3.63) is 41.6 Å². The Balaban J connectivity index is 1.98. The second-order valence-electron chi connectivity index (χ2n) is 6.36. The number of likely N-dealkylation sites (N-methyl/N-ethyl adjacent to an activating group) is 1. The number of rotatable bonds is 5. The minimum atomic E-state index is -0.354.